The van der Waals surface area contributed by atoms with Crippen LogP contribution in [0.15, 0.2) is 30.3 Å². The zero-order chi connectivity index (χ0) is 23.3. The number of carboxylic acid groups (broad SMARTS) is 1. The molecule has 4 N–H and O–H groups in total. The Balaban J connectivity index is 2.38. The Kier molecular flexibility index (Phi) is 11.1. The van der Waals surface area contributed by atoms with Gasteiger partial charge < -0.3 is 25.8 Å². The number of carboxylic acids is 1. The molecular formula is C22H33N3O6. The Morgan fingerprint density at radius 1 is 0.968 bits per heavy atom. The van der Waals surface area contributed by atoms with E-state index in [1.807, 2.05) is 30.3 Å². The number of benzene rings is 1. The van der Waals surface area contributed by atoms with Crippen LogP contribution in [0.1, 0.15) is 45.6 Å². The lowest BCUT2D eigenvalue weighted by atomic mass is 9.94. The summed E-state index contributed by atoms with van der Waals surface area (Å²) < 4.78 is 5.03. The van der Waals surface area contributed by atoms with Gasteiger partial charge >= 0.3 is 12.1 Å². The number of hydrogen-bond donors (Lipinski definition) is 4. The fraction of sp³-hybridized carbons (Fsp3) is 0.545. The van der Waals surface area contributed by atoms with E-state index in [9.17, 15) is 19.2 Å². The molecule has 172 valence electrons. The van der Waals surface area contributed by atoms with Gasteiger partial charge in [-0.2, -0.15) is 0 Å². The molecule has 9 heteroatoms. The van der Waals surface area contributed by atoms with Crippen molar-refractivity contribution in [2.45, 2.75) is 52.1 Å². The van der Waals surface area contributed by atoms with Crippen molar-refractivity contribution in [2.24, 2.45) is 5.92 Å². The minimum absolute atomic E-state index is 0.0789. The first kappa shape index (κ1) is 25.9. The molecule has 0 unspecified atom stereocenters. The van der Waals surface area contributed by atoms with Crippen molar-refractivity contribution >= 4 is 23.9 Å². The number of carbonyl (C=O) groups is 4. The van der Waals surface area contributed by atoms with E-state index in [4.69, 9.17) is 9.84 Å². The summed E-state index contributed by atoms with van der Waals surface area (Å²) in [4.78, 5) is 46.2. The van der Waals surface area contributed by atoms with Crippen molar-refractivity contribution < 1.29 is 29.0 Å². The molecule has 0 heterocycles. The highest BCUT2D eigenvalue weighted by atomic mass is 16.6. The third-order valence-electron chi connectivity index (χ3n) is 4.20. The fourth-order valence-corrected chi connectivity index (χ4v) is 2.79. The van der Waals surface area contributed by atoms with Crippen molar-refractivity contribution in [1.29, 1.82) is 0 Å². The summed E-state index contributed by atoms with van der Waals surface area (Å²) in [5, 5.41) is 16.4. The Labute approximate surface area is 182 Å². The highest BCUT2D eigenvalue weighted by Crippen LogP contribution is 2.15. The monoisotopic (exact) mass is 435 g/mol. The summed E-state index contributed by atoms with van der Waals surface area (Å²) in [6, 6.07) is 9.77. The van der Waals surface area contributed by atoms with Crippen LogP contribution in [-0.4, -0.2) is 54.2 Å². The largest absolute Gasteiger partial charge is 0.481 e. The maximum atomic E-state index is 12.1. The third kappa shape index (κ3) is 13.7. The normalized spacial score (nSPS) is 11.8. The van der Waals surface area contributed by atoms with E-state index in [2.05, 4.69) is 16.0 Å². The van der Waals surface area contributed by atoms with Crippen LogP contribution in [0.4, 0.5) is 4.79 Å². The predicted molar refractivity (Wildman–Crippen MR) is 115 cm³/mol. The Bertz CT molecular complexity index is 731. The van der Waals surface area contributed by atoms with E-state index < -0.39 is 23.6 Å². The maximum absolute atomic E-state index is 12.1. The molecule has 0 saturated carbocycles. The number of hydrogen-bond acceptors (Lipinski definition) is 5. The summed E-state index contributed by atoms with van der Waals surface area (Å²) >= 11 is 0. The van der Waals surface area contributed by atoms with Crippen LogP contribution in [0, 0.1) is 5.92 Å². The fourth-order valence-electron chi connectivity index (χ4n) is 2.79. The molecule has 0 saturated heterocycles. The number of alkyl carbamates (subject to hydrolysis) is 1. The summed E-state index contributed by atoms with van der Waals surface area (Å²) in [6.07, 6.45) is 1.27. The van der Waals surface area contributed by atoms with Gasteiger partial charge in [-0.1, -0.05) is 30.3 Å². The molecule has 1 rings (SSSR count). The molecule has 1 aromatic carbocycles. The number of nitrogens with one attached hydrogen (secondary N) is 3. The predicted octanol–water partition coefficient (Wildman–Crippen LogP) is 1.86. The van der Waals surface area contributed by atoms with Gasteiger partial charge in [-0.3, -0.25) is 14.4 Å². The highest BCUT2D eigenvalue weighted by molar-refractivity contribution is 5.87. The van der Waals surface area contributed by atoms with E-state index >= 15 is 0 Å². The lowest BCUT2D eigenvalue weighted by Crippen LogP contribution is -2.43. The molecule has 9 nitrogen and oxygen atoms in total. The molecule has 0 radical (unpaired) electrons. The van der Waals surface area contributed by atoms with E-state index in [0.29, 0.717) is 25.8 Å². The topological polar surface area (TPSA) is 134 Å². The van der Waals surface area contributed by atoms with Crippen molar-refractivity contribution in [3.63, 3.8) is 0 Å². The van der Waals surface area contributed by atoms with Crippen LogP contribution >= 0.6 is 0 Å². The average Bonchev–Trinajstić information content (AvgIpc) is 2.68. The summed E-state index contributed by atoms with van der Waals surface area (Å²) in [5.41, 5.74) is 0.444. The maximum Gasteiger partial charge on any atom is 0.408 e. The lowest BCUT2D eigenvalue weighted by Gasteiger charge is -2.19. The van der Waals surface area contributed by atoms with E-state index in [1.54, 1.807) is 20.8 Å². The van der Waals surface area contributed by atoms with Gasteiger partial charge in [-0.15, -0.1) is 0 Å². The number of aliphatic carboxylic acids is 1. The molecule has 1 atom stereocenters. The van der Waals surface area contributed by atoms with Gasteiger partial charge in [0.2, 0.25) is 11.8 Å². The molecule has 0 fully saturated rings. The highest BCUT2D eigenvalue weighted by Gasteiger charge is 2.17. The van der Waals surface area contributed by atoms with Gasteiger partial charge in [-0.05, 0) is 51.5 Å². The molecule has 0 aliphatic heterocycles. The molecule has 31 heavy (non-hydrogen) atoms. The first-order valence-corrected chi connectivity index (χ1v) is 10.3. The van der Waals surface area contributed by atoms with Gasteiger partial charge in [0.05, 0.1) is 6.54 Å². The van der Waals surface area contributed by atoms with Crippen LogP contribution in [-0.2, 0) is 25.5 Å². The van der Waals surface area contributed by atoms with Crippen LogP contribution < -0.4 is 16.0 Å². The average molecular weight is 436 g/mol. The second kappa shape index (κ2) is 13.3. The number of rotatable bonds is 12. The third-order valence-corrected chi connectivity index (χ3v) is 4.20. The Hall–Kier alpha value is -3.10. The van der Waals surface area contributed by atoms with Crippen LogP contribution in [0.3, 0.4) is 0 Å². The van der Waals surface area contributed by atoms with Crippen molar-refractivity contribution in [3.8, 4) is 0 Å². The first-order chi connectivity index (χ1) is 14.5. The van der Waals surface area contributed by atoms with E-state index in [-0.39, 0.29) is 31.3 Å². The molecule has 0 aliphatic rings. The molecule has 0 aromatic heterocycles. The standard InChI is InChI=1S/C22H33N3O6/c1-22(2,3)31-21(30)25-15-19(27)24-14-18(26)23-13-17(10-7-11-20(28)29)12-16-8-5-4-6-9-16/h4-6,8-9,17H,7,10-15H2,1-3H3,(H,23,26)(H,24,27)(H,25,30)(H,28,29)/t17-/m1/s1. The first-order valence-electron chi connectivity index (χ1n) is 10.3. The van der Waals surface area contributed by atoms with Crippen LogP contribution in [0.25, 0.3) is 0 Å². The van der Waals surface area contributed by atoms with E-state index in [1.165, 1.54) is 0 Å². The van der Waals surface area contributed by atoms with Gasteiger partial charge in [0.25, 0.3) is 0 Å². The van der Waals surface area contributed by atoms with Crippen molar-refractivity contribution in [3.05, 3.63) is 35.9 Å². The molecule has 0 aliphatic carbocycles. The Morgan fingerprint density at radius 3 is 2.19 bits per heavy atom. The summed E-state index contributed by atoms with van der Waals surface area (Å²) in [7, 11) is 0. The zero-order valence-corrected chi connectivity index (χ0v) is 18.4. The van der Waals surface area contributed by atoms with Crippen molar-refractivity contribution in [1.82, 2.24) is 16.0 Å². The second-order valence-electron chi connectivity index (χ2n) is 8.28. The number of amides is 3. The molecular weight excluding hydrogens is 402 g/mol. The van der Waals surface area contributed by atoms with Crippen molar-refractivity contribution in [2.75, 3.05) is 19.6 Å². The quantitative estimate of drug-likeness (QED) is 0.396. The van der Waals surface area contributed by atoms with Gasteiger partial charge in [0.15, 0.2) is 0 Å². The van der Waals surface area contributed by atoms with Crippen LogP contribution in [0.5, 0.6) is 0 Å². The summed E-state index contributed by atoms with van der Waals surface area (Å²) in [6.45, 7) is 4.99. The molecule has 3 amide bonds. The SMILES string of the molecule is CC(C)(C)OC(=O)NCC(=O)NCC(=O)NC[C@H](CCCC(=O)O)Cc1ccccc1. The minimum atomic E-state index is -0.842. The van der Waals surface area contributed by atoms with Gasteiger partial charge in [0.1, 0.15) is 12.1 Å². The second-order valence-corrected chi connectivity index (χ2v) is 8.28. The number of ether oxygens (including phenoxy) is 1. The molecule has 1 aromatic rings. The molecule has 0 bridgehead atoms. The van der Waals surface area contributed by atoms with Gasteiger partial charge in [0, 0.05) is 13.0 Å². The molecule has 0 spiro atoms. The summed E-state index contributed by atoms with van der Waals surface area (Å²) in [5.74, 6) is -1.63. The smallest absolute Gasteiger partial charge is 0.408 e. The van der Waals surface area contributed by atoms with Gasteiger partial charge in [-0.25, -0.2) is 4.79 Å². The van der Waals surface area contributed by atoms with E-state index in [0.717, 1.165) is 5.56 Å². The number of carbonyl (C=O) groups excluding carboxylic acids is 3. The zero-order valence-electron chi connectivity index (χ0n) is 18.4. The lowest BCUT2D eigenvalue weighted by molar-refractivity contribution is -0.137. The minimum Gasteiger partial charge on any atom is -0.481 e. The Morgan fingerprint density at radius 2 is 1.58 bits per heavy atom. The van der Waals surface area contributed by atoms with Crippen LogP contribution in [0.2, 0.25) is 0 Å².